The van der Waals surface area contributed by atoms with Gasteiger partial charge in [0.2, 0.25) is 0 Å². The Morgan fingerprint density at radius 3 is 2.58 bits per heavy atom. The lowest BCUT2D eigenvalue weighted by Crippen LogP contribution is -2.40. The van der Waals surface area contributed by atoms with Crippen molar-refractivity contribution in [2.45, 2.75) is 45.1 Å². The van der Waals surface area contributed by atoms with Crippen molar-refractivity contribution in [3.63, 3.8) is 0 Å². The molecule has 1 saturated carbocycles. The lowest BCUT2D eigenvalue weighted by molar-refractivity contribution is 0.0487. The van der Waals surface area contributed by atoms with Crippen molar-refractivity contribution in [3.05, 3.63) is 35.4 Å². The first-order valence-electron chi connectivity index (χ1n) is 9.44. The van der Waals surface area contributed by atoms with Crippen LogP contribution in [-0.2, 0) is 9.47 Å². The first kappa shape index (κ1) is 23.2. The van der Waals surface area contributed by atoms with E-state index in [-0.39, 0.29) is 24.0 Å². The second-order valence-electron chi connectivity index (χ2n) is 6.53. The molecule has 148 valence electrons. The van der Waals surface area contributed by atoms with E-state index in [1.807, 2.05) is 7.05 Å². The number of rotatable bonds is 11. The Morgan fingerprint density at radius 1 is 1.15 bits per heavy atom. The van der Waals surface area contributed by atoms with Crippen molar-refractivity contribution in [1.82, 2.24) is 10.6 Å². The fourth-order valence-electron chi connectivity index (χ4n) is 2.88. The van der Waals surface area contributed by atoms with Crippen LogP contribution in [0.1, 0.15) is 43.2 Å². The van der Waals surface area contributed by atoms with Gasteiger partial charge in [0.05, 0.1) is 19.8 Å². The van der Waals surface area contributed by atoms with Gasteiger partial charge in [0.1, 0.15) is 0 Å². The van der Waals surface area contributed by atoms with E-state index in [9.17, 15) is 0 Å². The molecule has 0 spiro atoms. The number of aryl methyl sites for hydroxylation is 1. The molecule has 2 unspecified atom stereocenters. The van der Waals surface area contributed by atoms with Crippen molar-refractivity contribution < 1.29 is 9.47 Å². The van der Waals surface area contributed by atoms with Crippen LogP contribution >= 0.6 is 24.0 Å². The van der Waals surface area contributed by atoms with Crippen molar-refractivity contribution in [2.75, 3.05) is 40.0 Å². The van der Waals surface area contributed by atoms with Gasteiger partial charge in [0, 0.05) is 32.2 Å². The molecule has 0 saturated heterocycles. The molecule has 1 aromatic carbocycles. The summed E-state index contributed by atoms with van der Waals surface area (Å²) in [5.74, 6) is 1.44. The number of ether oxygens (including phenoxy) is 2. The molecule has 0 bridgehead atoms. The third kappa shape index (κ3) is 8.22. The van der Waals surface area contributed by atoms with Gasteiger partial charge in [-0.2, -0.15) is 0 Å². The molecule has 0 aromatic heterocycles. The summed E-state index contributed by atoms with van der Waals surface area (Å²) in [4.78, 5) is 4.30. The van der Waals surface area contributed by atoms with Gasteiger partial charge in [-0.25, -0.2) is 0 Å². The van der Waals surface area contributed by atoms with E-state index < -0.39 is 0 Å². The molecule has 0 aliphatic heterocycles. The van der Waals surface area contributed by atoms with Gasteiger partial charge in [-0.15, -0.1) is 24.0 Å². The van der Waals surface area contributed by atoms with Crippen LogP contribution < -0.4 is 10.6 Å². The molecular weight excluding hydrogens is 441 g/mol. The smallest absolute Gasteiger partial charge is 0.191 e. The minimum absolute atomic E-state index is 0. The highest BCUT2D eigenvalue weighted by Gasteiger charge is 2.39. The predicted octanol–water partition coefficient (Wildman–Crippen LogP) is 3.47. The monoisotopic (exact) mass is 475 g/mol. The number of aliphatic imine (C=N–C) groups is 1. The molecular formula is C20H34IN3O2. The van der Waals surface area contributed by atoms with Crippen molar-refractivity contribution in [2.24, 2.45) is 4.99 Å². The highest BCUT2D eigenvalue weighted by atomic mass is 127. The highest BCUT2D eigenvalue weighted by Crippen LogP contribution is 2.41. The lowest BCUT2D eigenvalue weighted by Gasteiger charge is -2.12. The van der Waals surface area contributed by atoms with E-state index in [4.69, 9.17) is 9.47 Å². The summed E-state index contributed by atoms with van der Waals surface area (Å²) in [5, 5.41) is 6.81. The second kappa shape index (κ2) is 13.3. The van der Waals surface area contributed by atoms with Crippen LogP contribution in [-0.4, -0.2) is 52.0 Å². The van der Waals surface area contributed by atoms with E-state index >= 15 is 0 Å². The number of halogens is 1. The molecule has 26 heavy (non-hydrogen) atoms. The molecule has 1 aromatic rings. The molecule has 1 aliphatic carbocycles. The van der Waals surface area contributed by atoms with Crippen molar-refractivity contribution in [1.29, 1.82) is 0 Å². The van der Waals surface area contributed by atoms with Gasteiger partial charge >= 0.3 is 0 Å². The normalized spacial score (nSPS) is 19.0. The fraction of sp³-hybridized carbons (Fsp3) is 0.650. The average molecular weight is 475 g/mol. The van der Waals surface area contributed by atoms with E-state index in [1.54, 1.807) is 0 Å². The minimum atomic E-state index is 0. The number of nitrogens with one attached hydrogen (secondary N) is 2. The Hall–Kier alpha value is -0.860. The third-order valence-corrected chi connectivity index (χ3v) is 4.48. The Bertz CT molecular complexity index is 540. The Kier molecular flexibility index (Phi) is 11.9. The standard InChI is InChI=1S/C20H33N3O2.HI/c1-4-5-11-24-13-14-25-12-10-22-20(21-3)23-19-15-18(19)17-9-7-6-8-16(17)2;/h6-9,18-19H,4-5,10-15H2,1-3H3,(H2,21,22,23);1H. The van der Waals surface area contributed by atoms with E-state index in [2.05, 4.69) is 53.7 Å². The number of hydrogen-bond donors (Lipinski definition) is 2. The lowest BCUT2D eigenvalue weighted by atomic mass is 10.0. The van der Waals surface area contributed by atoms with Crippen LogP contribution in [0.5, 0.6) is 0 Å². The predicted molar refractivity (Wildman–Crippen MR) is 119 cm³/mol. The Morgan fingerprint density at radius 2 is 1.88 bits per heavy atom. The van der Waals surface area contributed by atoms with Crippen LogP contribution in [0.2, 0.25) is 0 Å². The van der Waals surface area contributed by atoms with Gasteiger partial charge in [-0.3, -0.25) is 4.99 Å². The van der Waals surface area contributed by atoms with Gasteiger partial charge in [0.15, 0.2) is 5.96 Å². The highest BCUT2D eigenvalue weighted by molar-refractivity contribution is 14.0. The molecule has 0 heterocycles. The van der Waals surface area contributed by atoms with E-state index in [1.165, 1.54) is 17.5 Å². The van der Waals surface area contributed by atoms with E-state index in [0.29, 0.717) is 31.8 Å². The first-order valence-corrected chi connectivity index (χ1v) is 9.44. The zero-order valence-corrected chi connectivity index (χ0v) is 18.6. The SMILES string of the molecule is CCCCOCCOCCNC(=NC)NC1CC1c1ccccc1C.I. The van der Waals surface area contributed by atoms with Gasteiger partial charge < -0.3 is 20.1 Å². The Labute approximate surface area is 175 Å². The summed E-state index contributed by atoms with van der Waals surface area (Å²) in [6.45, 7) is 7.90. The summed E-state index contributed by atoms with van der Waals surface area (Å²) in [7, 11) is 1.81. The molecule has 0 radical (unpaired) electrons. The Balaban J connectivity index is 0.00000338. The number of guanidine groups is 1. The van der Waals surface area contributed by atoms with Gasteiger partial charge in [-0.1, -0.05) is 37.6 Å². The number of nitrogens with zero attached hydrogens (tertiary/aromatic N) is 1. The summed E-state index contributed by atoms with van der Waals surface area (Å²) in [6.07, 6.45) is 3.45. The fourth-order valence-corrected chi connectivity index (χ4v) is 2.88. The molecule has 0 amide bonds. The van der Waals surface area contributed by atoms with Crippen LogP contribution in [0.4, 0.5) is 0 Å². The maximum Gasteiger partial charge on any atom is 0.191 e. The number of hydrogen-bond acceptors (Lipinski definition) is 3. The summed E-state index contributed by atoms with van der Waals surface area (Å²) < 4.78 is 11.0. The van der Waals surface area contributed by atoms with Gasteiger partial charge in [-0.05, 0) is 30.9 Å². The molecule has 2 N–H and O–H groups in total. The third-order valence-electron chi connectivity index (χ3n) is 4.48. The largest absolute Gasteiger partial charge is 0.379 e. The quantitative estimate of drug-likeness (QED) is 0.223. The topological polar surface area (TPSA) is 54.9 Å². The molecule has 1 fully saturated rings. The molecule has 2 rings (SSSR count). The molecule has 5 nitrogen and oxygen atoms in total. The summed E-state index contributed by atoms with van der Waals surface area (Å²) >= 11 is 0. The molecule has 1 aliphatic rings. The van der Waals surface area contributed by atoms with Crippen LogP contribution in [0.15, 0.2) is 29.3 Å². The summed E-state index contributed by atoms with van der Waals surface area (Å²) in [5.41, 5.74) is 2.82. The molecule has 2 atom stereocenters. The van der Waals surface area contributed by atoms with Crippen molar-refractivity contribution >= 4 is 29.9 Å². The minimum Gasteiger partial charge on any atom is -0.379 e. The second-order valence-corrected chi connectivity index (χ2v) is 6.53. The maximum atomic E-state index is 5.57. The number of benzene rings is 1. The summed E-state index contributed by atoms with van der Waals surface area (Å²) in [6, 6.07) is 9.10. The number of unbranched alkanes of at least 4 members (excludes halogenated alkanes) is 1. The van der Waals surface area contributed by atoms with Crippen molar-refractivity contribution in [3.8, 4) is 0 Å². The van der Waals surface area contributed by atoms with Crippen LogP contribution in [0.3, 0.4) is 0 Å². The van der Waals surface area contributed by atoms with Crippen LogP contribution in [0.25, 0.3) is 0 Å². The molecule has 6 heteroatoms. The van der Waals surface area contributed by atoms with Crippen LogP contribution in [0, 0.1) is 6.92 Å². The van der Waals surface area contributed by atoms with Gasteiger partial charge in [0.25, 0.3) is 0 Å². The van der Waals surface area contributed by atoms with E-state index in [0.717, 1.165) is 32.0 Å². The zero-order chi connectivity index (χ0) is 17.9. The first-order chi connectivity index (χ1) is 12.3. The zero-order valence-electron chi connectivity index (χ0n) is 16.3. The average Bonchev–Trinajstić information content (AvgIpc) is 3.38. The maximum absolute atomic E-state index is 5.57.